The Morgan fingerprint density at radius 2 is 2.00 bits per heavy atom. The highest BCUT2D eigenvalue weighted by Crippen LogP contribution is 2.12. The monoisotopic (exact) mass is 249 g/mol. The third kappa shape index (κ3) is 4.48. The van der Waals surface area contributed by atoms with Crippen LogP contribution in [0.3, 0.4) is 0 Å². The fraction of sp³-hybridized carbons (Fsp3) is 0.467. The highest BCUT2D eigenvalue weighted by Gasteiger charge is 2.06. The largest absolute Gasteiger partial charge is 0.395 e. The molecule has 1 rings (SSSR count). The Kier molecular flexibility index (Phi) is 6.42. The fourth-order valence-electron chi connectivity index (χ4n) is 1.66. The van der Waals surface area contributed by atoms with E-state index < -0.39 is 0 Å². The van der Waals surface area contributed by atoms with Crippen LogP contribution in [0.4, 0.5) is 4.39 Å². The van der Waals surface area contributed by atoms with Crippen LogP contribution in [0.1, 0.15) is 31.4 Å². The molecule has 0 radical (unpaired) electrons. The fourth-order valence-corrected chi connectivity index (χ4v) is 1.66. The summed E-state index contributed by atoms with van der Waals surface area (Å²) in [4.78, 5) is 2.16. The van der Waals surface area contributed by atoms with E-state index in [1.54, 1.807) is 6.07 Å². The minimum Gasteiger partial charge on any atom is -0.395 e. The van der Waals surface area contributed by atoms with Crippen molar-refractivity contribution in [2.45, 2.75) is 26.8 Å². The van der Waals surface area contributed by atoms with Gasteiger partial charge in [0.1, 0.15) is 5.82 Å². The Morgan fingerprint density at radius 1 is 1.28 bits per heavy atom. The van der Waals surface area contributed by atoms with Crippen molar-refractivity contribution in [3.05, 3.63) is 35.1 Å². The standard InChI is InChI=1S/C15H20FNO/c1-3-17(4-2)12-14-9-8-13(11-15(14)16)7-5-6-10-18/h8-9,11,18H,3-4,6,10,12H2,1-2H3. The van der Waals surface area contributed by atoms with Crippen molar-refractivity contribution < 1.29 is 9.50 Å². The highest BCUT2D eigenvalue weighted by atomic mass is 19.1. The van der Waals surface area contributed by atoms with E-state index in [-0.39, 0.29) is 12.4 Å². The maximum Gasteiger partial charge on any atom is 0.128 e. The molecule has 2 nitrogen and oxygen atoms in total. The van der Waals surface area contributed by atoms with Crippen LogP contribution in [0.2, 0.25) is 0 Å². The summed E-state index contributed by atoms with van der Waals surface area (Å²) in [6, 6.07) is 5.08. The van der Waals surface area contributed by atoms with E-state index in [0.717, 1.165) is 13.1 Å². The maximum atomic E-state index is 13.8. The average molecular weight is 249 g/mol. The lowest BCUT2D eigenvalue weighted by molar-refractivity contribution is 0.291. The molecule has 0 heterocycles. The van der Waals surface area contributed by atoms with Crippen LogP contribution in [-0.4, -0.2) is 29.7 Å². The SMILES string of the molecule is CCN(CC)Cc1ccc(C#CCCO)cc1F. The van der Waals surface area contributed by atoms with Crippen LogP contribution in [0.25, 0.3) is 0 Å². The quantitative estimate of drug-likeness (QED) is 0.810. The zero-order valence-corrected chi connectivity index (χ0v) is 11.0. The predicted octanol–water partition coefficient (Wildman–Crippen LogP) is 2.40. The lowest BCUT2D eigenvalue weighted by atomic mass is 10.1. The number of halogens is 1. The number of hydrogen-bond donors (Lipinski definition) is 1. The van der Waals surface area contributed by atoms with Gasteiger partial charge in [0.05, 0.1) is 6.61 Å². The van der Waals surface area contributed by atoms with Gasteiger partial charge in [0.2, 0.25) is 0 Å². The molecule has 0 aromatic heterocycles. The van der Waals surface area contributed by atoms with Gasteiger partial charge in [-0.2, -0.15) is 0 Å². The summed E-state index contributed by atoms with van der Waals surface area (Å²) in [5.74, 6) is 5.40. The molecule has 0 saturated heterocycles. The summed E-state index contributed by atoms with van der Waals surface area (Å²) in [6.07, 6.45) is 0.419. The number of benzene rings is 1. The molecule has 1 aromatic rings. The Balaban J connectivity index is 2.77. The summed E-state index contributed by atoms with van der Waals surface area (Å²) in [6.45, 7) is 6.62. The van der Waals surface area contributed by atoms with E-state index in [4.69, 9.17) is 5.11 Å². The van der Waals surface area contributed by atoms with Gasteiger partial charge in [-0.3, -0.25) is 4.90 Å². The molecule has 1 N–H and O–H groups in total. The first-order valence-corrected chi connectivity index (χ1v) is 6.31. The Hall–Kier alpha value is -1.37. The molecule has 0 aliphatic carbocycles. The molecule has 3 heteroatoms. The van der Waals surface area contributed by atoms with E-state index in [1.165, 1.54) is 6.07 Å². The highest BCUT2D eigenvalue weighted by molar-refractivity contribution is 5.37. The van der Waals surface area contributed by atoms with Crippen LogP contribution in [0.5, 0.6) is 0 Å². The normalized spacial score (nSPS) is 10.3. The molecule has 0 bridgehead atoms. The first kappa shape index (κ1) is 14.7. The minimum absolute atomic E-state index is 0.0372. The molecular formula is C15H20FNO. The zero-order valence-electron chi connectivity index (χ0n) is 11.0. The van der Waals surface area contributed by atoms with Crippen molar-refractivity contribution in [1.29, 1.82) is 0 Å². The number of hydrogen-bond acceptors (Lipinski definition) is 2. The van der Waals surface area contributed by atoms with E-state index in [9.17, 15) is 4.39 Å². The van der Waals surface area contributed by atoms with Gasteiger partial charge in [-0.15, -0.1) is 0 Å². The van der Waals surface area contributed by atoms with E-state index in [2.05, 4.69) is 30.6 Å². The van der Waals surface area contributed by atoms with Crippen LogP contribution in [-0.2, 0) is 6.54 Å². The second kappa shape index (κ2) is 7.86. The van der Waals surface area contributed by atoms with Crippen LogP contribution in [0.15, 0.2) is 18.2 Å². The van der Waals surface area contributed by atoms with Gasteiger partial charge < -0.3 is 5.11 Å². The summed E-state index contributed by atoms with van der Waals surface area (Å²) in [7, 11) is 0. The number of aliphatic hydroxyl groups excluding tert-OH is 1. The summed E-state index contributed by atoms with van der Waals surface area (Å²) >= 11 is 0. The van der Waals surface area contributed by atoms with Crippen molar-refractivity contribution in [3.63, 3.8) is 0 Å². The summed E-state index contributed by atoms with van der Waals surface area (Å²) in [5.41, 5.74) is 1.36. The maximum absolute atomic E-state index is 13.8. The topological polar surface area (TPSA) is 23.5 Å². The first-order chi connectivity index (χ1) is 8.71. The first-order valence-electron chi connectivity index (χ1n) is 6.31. The zero-order chi connectivity index (χ0) is 13.4. The molecular weight excluding hydrogens is 229 g/mol. The van der Waals surface area contributed by atoms with Gasteiger partial charge in [-0.05, 0) is 25.2 Å². The van der Waals surface area contributed by atoms with Crippen LogP contribution < -0.4 is 0 Å². The second-order valence-corrected chi connectivity index (χ2v) is 4.04. The van der Waals surface area contributed by atoms with Crippen LogP contribution >= 0.6 is 0 Å². The molecule has 0 spiro atoms. The molecule has 1 aromatic carbocycles. The van der Waals surface area contributed by atoms with Crippen LogP contribution in [0, 0.1) is 17.7 Å². The van der Waals surface area contributed by atoms with Crippen molar-refractivity contribution >= 4 is 0 Å². The summed E-state index contributed by atoms with van der Waals surface area (Å²) < 4.78 is 13.8. The molecule has 98 valence electrons. The lowest BCUT2D eigenvalue weighted by Gasteiger charge is -2.18. The minimum atomic E-state index is -0.210. The number of rotatable bonds is 5. The van der Waals surface area contributed by atoms with Gasteiger partial charge in [-0.25, -0.2) is 4.39 Å². The molecule has 18 heavy (non-hydrogen) atoms. The van der Waals surface area contributed by atoms with Gasteiger partial charge in [0.25, 0.3) is 0 Å². The Bertz CT molecular complexity index is 430. The van der Waals surface area contributed by atoms with Gasteiger partial charge in [0.15, 0.2) is 0 Å². The van der Waals surface area contributed by atoms with E-state index in [1.807, 2.05) is 6.07 Å². The molecule has 0 aliphatic rings. The predicted molar refractivity (Wildman–Crippen MR) is 71.6 cm³/mol. The van der Waals surface area contributed by atoms with E-state index >= 15 is 0 Å². The van der Waals surface area contributed by atoms with Crippen molar-refractivity contribution in [2.75, 3.05) is 19.7 Å². The lowest BCUT2D eigenvalue weighted by Crippen LogP contribution is -2.22. The molecule has 0 unspecified atom stereocenters. The molecule has 0 saturated carbocycles. The molecule has 0 atom stereocenters. The number of nitrogens with zero attached hydrogens (tertiary/aromatic N) is 1. The summed E-state index contributed by atoms with van der Waals surface area (Å²) in [5, 5.41) is 8.61. The number of aliphatic hydroxyl groups is 1. The molecule has 0 fully saturated rings. The molecule has 0 aliphatic heterocycles. The van der Waals surface area contributed by atoms with Crippen molar-refractivity contribution in [3.8, 4) is 11.8 Å². The van der Waals surface area contributed by atoms with Gasteiger partial charge in [-0.1, -0.05) is 31.8 Å². The average Bonchev–Trinajstić information content (AvgIpc) is 2.38. The van der Waals surface area contributed by atoms with Gasteiger partial charge >= 0.3 is 0 Å². The van der Waals surface area contributed by atoms with E-state index in [0.29, 0.717) is 24.1 Å². The van der Waals surface area contributed by atoms with Gasteiger partial charge in [0, 0.05) is 24.1 Å². The van der Waals surface area contributed by atoms with Crippen molar-refractivity contribution in [1.82, 2.24) is 4.90 Å². The second-order valence-electron chi connectivity index (χ2n) is 4.04. The smallest absolute Gasteiger partial charge is 0.128 e. The van der Waals surface area contributed by atoms with Crippen molar-refractivity contribution in [2.24, 2.45) is 0 Å². The third-order valence-electron chi connectivity index (χ3n) is 2.81. The Labute approximate surface area is 108 Å². The molecule has 0 amide bonds. The Morgan fingerprint density at radius 3 is 2.56 bits per heavy atom. The third-order valence-corrected chi connectivity index (χ3v) is 2.81.